The third-order valence-corrected chi connectivity index (χ3v) is 6.88. The van der Waals surface area contributed by atoms with Gasteiger partial charge in [-0.15, -0.1) is 23.5 Å². The zero-order chi connectivity index (χ0) is 9.47. The summed E-state index contributed by atoms with van der Waals surface area (Å²) in [7, 11) is 0. The standard InChI is InChI=1S/C10H16OS2/c1-12-10(13-2)8-4-3-7(5-8)6-9(10)11/h7-8H,3-6H2,1-2H3. The second-order valence-electron chi connectivity index (χ2n) is 4.08. The fourth-order valence-corrected chi connectivity index (χ4v) is 5.27. The first-order valence-electron chi connectivity index (χ1n) is 4.86. The average molecular weight is 216 g/mol. The molecule has 2 aliphatic carbocycles. The fourth-order valence-electron chi connectivity index (χ4n) is 2.88. The van der Waals surface area contributed by atoms with Crippen LogP contribution in [0, 0.1) is 11.8 Å². The zero-order valence-electron chi connectivity index (χ0n) is 8.21. The van der Waals surface area contributed by atoms with Crippen molar-refractivity contribution < 1.29 is 4.79 Å². The van der Waals surface area contributed by atoms with Gasteiger partial charge in [-0.1, -0.05) is 0 Å². The van der Waals surface area contributed by atoms with Crippen molar-refractivity contribution in [3.63, 3.8) is 0 Å². The summed E-state index contributed by atoms with van der Waals surface area (Å²) in [4.78, 5) is 12.0. The van der Waals surface area contributed by atoms with E-state index in [1.54, 1.807) is 23.5 Å². The van der Waals surface area contributed by atoms with E-state index in [9.17, 15) is 4.79 Å². The van der Waals surface area contributed by atoms with Crippen LogP contribution in [0.4, 0.5) is 0 Å². The van der Waals surface area contributed by atoms with E-state index in [-0.39, 0.29) is 4.08 Å². The lowest BCUT2D eigenvalue weighted by Crippen LogP contribution is -2.41. The molecule has 0 aromatic rings. The predicted molar refractivity (Wildman–Crippen MR) is 60.2 cm³/mol. The summed E-state index contributed by atoms with van der Waals surface area (Å²) in [6, 6.07) is 0. The van der Waals surface area contributed by atoms with Crippen LogP contribution in [-0.2, 0) is 4.79 Å². The molecule has 2 bridgehead atoms. The van der Waals surface area contributed by atoms with Crippen LogP contribution >= 0.6 is 23.5 Å². The maximum Gasteiger partial charge on any atom is 0.159 e. The van der Waals surface area contributed by atoms with E-state index in [2.05, 4.69) is 12.5 Å². The number of hydrogen-bond donors (Lipinski definition) is 0. The Morgan fingerprint density at radius 1 is 1.31 bits per heavy atom. The van der Waals surface area contributed by atoms with E-state index >= 15 is 0 Å². The Morgan fingerprint density at radius 3 is 2.62 bits per heavy atom. The molecule has 0 amide bonds. The molecule has 0 radical (unpaired) electrons. The van der Waals surface area contributed by atoms with Gasteiger partial charge in [0.2, 0.25) is 0 Å². The minimum atomic E-state index is -0.0764. The molecule has 1 nitrogen and oxygen atoms in total. The van der Waals surface area contributed by atoms with Gasteiger partial charge in [-0.2, -0.15) is 0 Å². The highest BCUT2D eigenvalue weighted by Gasteiger charge is 2.51. The Labute approximate surface area is 88.4 Å². The number of carbonyl (C=O) groups is 1. The normalized spacial score (nSPS) is 36.6. The molecule has 2 atom stereocenters. The largest absolute Gasteiger partial charge is 0.297 e. The number of thioether (sulfide) groups is 2. The second-order valence-corrected chi connectivity index (χ2v) is 6.44. The number of fused-ring (bicyclic) bond motifs is 2. The number of ketones is 1. The molecule has 74 valence electrons. The van der Waals surface area contributed by atoms with Crippen molar-refractivity contribution in [2.45, 2.75) is 29.8 Å². The summed E-state index contributed by atoms with van der Waals surface area (Å²) in [6.45, 7) is 0. The van der Waals surface area contributed by atoms with Crippen LogP contribution in [0.3, 0.4) is 0 Å². The minimum Gasteiger partial charge on any atom is -0.297 e. The van der Waals surface area contributed by atoms with Gasteiger partial charge in [0, 0.05) is 6.42 Å². The van der Waals surface area contributed by atoms with Gasteiger partial charge in [0.25, 0.3) is 0 Å². The summed E-state index contributed by atoms with van der Waals surface area (Å²) < 4.78 is -0.0764. The average Bonchev–Trinajstić information content (AvgIpc) is 2.53. The van der Waals surface area contributed by atoms with E-state index in [1.165, 1.54) is 19.3 Å². The van der Waals surface area contributed by atoms with Crippen molar-refractivity contribution in [2.24, 2.45) is 11.8 Å². The predicted octanol–water partition coefficient (Wildman–Crippen LogP) is 2.80. The third kappa shape index (κ3) is 1.35. The Hall–Kier alpha value is 0.370. The summed E-state index contributed by atoms with van der Waals surface area (Å²) in [6.07, 6.45) is 8.89. The van der Waals surface area contributed by atoms with E-state index in [1.807, 2.05) is 0 Å². The van der Waals surface area contributed by atoms with Gasteiger partial charge in [0.1, 0.15) is 4.08 Å². The second kappa shape index (κ2) is 3.50. The zero-order valence-corrected chi connectivity index (χ0v) is 9.84. The number of carbonyl (C=O) groups excluding carboxylic acids is 1. The van der Waals surface area contributed by atoms with Gasteiger partial charge < -0.3 is 0 Å². The first-order valence-corrected chi connectivity index (χ1v) is 7.31. The molecule has 13 heavy (non-hydrogen) atoms. The Bertz CT molecular complexity index is 223. The van der Waals surface area contributed by atoms with Crippen LogP contribution in [0.15, 0.2) is 0 Å². The van der Waals surface area contributed by atoms with Crippen molar-refractivity contribution in [1.29, 1.82) is 0 Å². The molecule has 2 fully saturated rings. The molecule has 0 N–H and O–H groups in total. The van der Waals surface area contributed by atoms with Crippen molar-refractivity contribution in [2.75, 3.05) is 12.5 Å². The number of Topliss-reactive ketones (excluding diaryl/α,β-unsaturated/α-hetero) is 1. The molecular weight excluding hydrogens is 200 g/mol. The third-order valence-electron chi connectivity index (χ3n) is 3.55. The number of rotatable bonds is 2. The van der Waals surface area contributed by atoms with Gasteiger partial charge in [-0.3, -0.25) is 4.79 Å². The number of hydrogen-bond acceptors (Lipinski definition) is 3. The van der Waals surface area contributed by atoms with E-state index < -0.39 is 0 Å². The summed E-state index contributed by atoms with van der Waals surface area (Å²) in [5.41, 5.74) is 0. The lowest BCUT2D eigenvalue weighted by Gasteiger charge is -2.38. The first kappa shape index (κ1) is 9.91. The van der Waals surface area contributed by atoms with Crippen LogP contribution in [0.2, 0.25) is 0 Å². The Balaban J connectivity index is 2.28. The molecule has 0 aromatic carbocycles. The Kier molecular flexibility index (Phi) is 2.67. The van der Waals surface area contributed by atoms with Crippen LogP contribution < -0.4 is 0 Å². The van der Waals surface area contributed by atoms with Crippen molar-refractivity contribution in [1.82, 2.24) is 0 Å². The van der Waals surface area contributed by atoms with Crippen LogP contribution in [-0.4, -0.2) is 22.4 Å². The summed E-state index contributed by atoms with van der Waals surface area (Å²) in [5.74, 6) is 1.89. The highest BCUT2D eigenvalue weighted by Crippen LogP contribution is 2.55. The molecule has 3 heteroatoms. The molecule has 2 rings (SSSR count). The maximum absolute atomic E-state index is 12.0. The molecule has 0 spiro atoms. The molecule has 2 saturated carbocycles. The van der Waals surface area contributed by atoms with E-state index in [4.69, 9.17) is 0 Å². The van der Waals surface area contributed by atoms with Crippen molar-refractivity contribution in [3.05, 3.63) is 0 Å². The van der Waals surface area contributed by atoms with Gasteiger partial charge in [0.15, 0.2) is 5.78 Å². The highest BCUT2D eigenvalue weighted by molar-refractivity contribution is 8.18. The molecular formula is C10H16OS2. The summed E-state index contributed by atoms with van der Waals surface area (Å²) >= 11 is 3.55. The Morgan fingerprint density at radius 2 is 2.00 bits per heavy atom. The molecule has 2 unspecified atom stereocenters. The van der Waals surface area contributed by atoms with Gasteiger partial charge in [0.05, 0.1) is 0 Å². The molecule has 0 aliphatic heterocycles. The molecule has 0 aromatic heterocycles. The minimum absolute atomic E-state index is 0.0764. The summed E-state index contributed by atoms with van der Waals surface area (Å²) in [5, 5.41) is 0. The molecule has 2 aliphatic rings. The fraction of sp³-hybridized carbons (Fsp3) is 0.900. The molecule has 0 saturated heterocycles. The SMILES string of the molecule is CSC1(SC)C(=O)CC2CCC1C2. The smallest absolute Gasteiger partial charge is 0.159 e. The van der Waals surface area contributed by atoms with E-state index in [0.29, 0.717) is 11.7 Å². The van der Waals surface area contributed by atoms with Gasteiger partial charge in [-0.05, 0) is 43.6 Å². The van der Waals surface area contributed by atoms with Crippen LogP contribution in [0.25, 0.3) is 0 Å². The van der Waals surface area contributed by atoms with Crippen molar-refractivity contribution >= 4 is 29.3 Å². The quantitative estimate of drug-likeness (QED) is 0.661. The molecule has 0 heterocycles. The lowest BCUT2D eigenvalue weighted by molar-refractivity contribution is -0.122. The van der Waals surface area contributed by atoms with Gasteiger partial charge >= 0.3 is 0 Å². The lowest BCUT2D eigenvalue weighted by atomic mass is 9.87. The monoisotopic (exact) mass is 216 g/mol. The first-order chi connectivity index (χ1) is 6.23. The highest BCUT2D eigenvalue weighted by atomic mass is 32.2. The maximum atomic E-state index is 12.0. The van der Waals surface area contributed by atoms with Crippen molar-refractivity contribution in [3.8, 4) is 0 Å². The van der Waals surface area contributed by atoms with Gasteiger partial charge in [-0.25, -0.2) is 0 Å². The topological polar surface area (TPSA) is 17.1 Å². The van der Waals surface area contributed by atoms with E-state index in [0.717, 1.165) is 12.3 Å². The van der Waals surface area contributed by atoms with Crippen LogP contribution in [0.1, 0.15) is 25.7 Å². The van der Waals surface area contributed by atoms with Crippen LogP contribution in [0.5, 0.6) is 0 Å².